The highest BCUT2D eigenvalue weighted by atomic mass is 19.1. The highest BCUT2D eigenvalue weighted by Crippen LogP contribution is 2.42. The summed E-state index contributed by atoms with van der Waals surface area (Å²) in [5.74, 6) is -0.353. The van der Waals surface area contributed by atoms with E-state index >= 15 is 0 Å². The Bertz CT molecular complexity index is 1180. The van der Waals surface area contributed by atoms with Crippen molar-refractivity contribution >= 4 is 11.9 Å². The van der Waals surface area contributed by atoms with Crippen LogP contribution in [0.25, 0.3) is 11.1 Å². The Morgan fingerprint density at radius 2 is 1.97 bits per heavy atom. The fraction of sp³-hybridized carbons (Fsp3) is 0.182. The molecule has 0 saturated heterocycles. The lowest BCUT2D eigenvalue weighted by atomic mass is 9.84. The lowest BCUT2D eigenvalue weighted by Crippen LogP contribution is -2.41. The molecule has 4 rings (SSSR count). The first-order valence-corrected chi connectivity index (χ1v) is 9.30. The van der Waals surface area contributed by atoms with Gasteiger partial charge in [-0.05, 0) is 42.8 Å². The first-order valence-electron chi connectivity index (χ1n) is 9.30. The van der Waals surface area contributed by atoms with Gasteiger partial charge in [-0.3, -0.25) is 19.7 Å². The number of guanidine groups is 1. The van der Waals surface area contributed by atoms with E-state index in [2.05, 4.69) is 15.0 Å². The molecule has 1 amide bonds. The number of halogens is 1. The lowest BCUT2D eigenvalue weighted by molar-refractivity contribution is -0.129. The van der Waals surface area contributed by atoms with Gasteiger partial charge in [-0.2, -0.15) is 0 Å². The van der Waals surface area contributed by atoms with Crippen molar-refractivity contribution in [1.29, 1.82) is 0 Å². The number of nitrogens with two attached hydrogens (primary N) is 1. The monoisotopic (exact) mass is 405 g/mol. The molecule has 30 heavy (non-hydrogen) atoms. The zero-order valence-corrected chi connectivity index (χ0v) is 16.5. The second-order valence-corrected chi connectivity index (χ2v) is 7.06. The molecule has 0 aliphatic carbocycles. The fourth-order valence-electron chi connectivity index (χ4n) is 3.65. The highest BCUT2D eigenvalue weighted by molar-refractivity contribution is 6.08. The number of rotatable bonds is 4. The zero-order chi connectivity index (χ0) is 21.5. The van der Waals surface area contributed by atoms with E-state index in [1.807, 2.05) is 13.0 Å². The number of aryl methyl sites for hydroxylation is 1. The van der Waals surface area contributed by atoms with Crippen LogP contribution in [0.5, 0.6) is 5.75 Å². The third kappa shape index (κ3) is 2.88. The van der Waals surface area contributed by atoms with Gasteiger partial charge in [-0.1, -0.05) is 18.2 Å². The third-order valence-electron chi connectivity index (χ3n) is 5.27. The van der Waals surface area contributed by atoms with Crippen molar-refractivity contribution in [1.82, 2.24) is 14.9 Å². The van der Waals surface area contributed by atoms with Crippen LogP contribution >= 0.6 is 0 Å². The van der Waals surface area contributed by atoms with E-state index in [-0.39, 0.29) is 23.1 Å². The largest absolute Gasteiger partial charge is 0.507 e. The van der Waals surface area contributed by atoms with Crippen LogP contribution in [0.3, 0.4) is 0 Å². The summed E-state index contributed by atoms with van der Waals surface area (Å²) in [7, 11) is 1.52. The molecule has 1 aliphatic rings. The summed E-state index contributed by atoms with van der Waals surface area (Å²) in [6.45, 7) is 1.05. The van der Waals surface area contributed by atoms with Crippen molar-refractivity contribution in [3.05, 3.63) is 77.4 Å². The van der Waals surface area contributed by atoms with Crippen molar-refractivity contribution in [3.8, 4) is 16.9 Å². The van der Waals surface area contributed by atoms with Crippen LogP contribution in [0.1, 0.15) is 22.6 Å². The van der Waals surface area contributed by atoms with Gasteiger partial charge in [0.15, 0.2) is 5.96 Å². The van der Waals surface area contributed by atoms with Gasteiger partial charge < -0.3 is 10.8 Å². The normalized spacial score (nSPS) is 18.6. The molecule has 0 saturated carbocycles. The topological polar surface area (TPSA) is 105 Å². The first kappa shape index (κ1) is 19.5. The average molecular weight is 405 g/mol. The Hall–Kier alpha value is -3.81. The molecule has 0 radical (unpaired) electrons. The molecule has 1 aliphatic heterocycles. The number of aromatic nitrogens is 2. The van der Waals surface area contributed by atoms with E-state index in [9.17, 15) is 14.3 Å². The van der Waals surface area contributed by atoms with Gasteiger partial charge in [0.05, 0.1) is 11.4 Å². The minimum Gasteiger partial charge on any atom is -0.507 e. The number of aliphatic imine (C=N–C) groups is 1. The molecule has 3 aromatic rings. The Labute approximate surface area is 172 Å². The molecule has 1 atom stereocenters. The van der Waals surface area contributed by atoms with E-state index in [0.717, 1.165) is 5.69 Å². The summed E-state index contributed by atoms with van der Waals surface area (Å²) in [5.41, 5.74) is 7.24. The number of likely N-dealkylation sites (N-methyl/N-ethyl adjacent to an activating group) is 1. The number of amides is 1. The summed E-state index contributed by atoms with van der Waals surface area (Å²) < 4.78 is 13.3. The third-order valence-corrected chi connectivity index (χ3v) is 5.27. The average Bonchev–Trinajstić information content (AvgIpc) is 2.99. The van der Waals surface area contributed by atoms with Crippen LogP contribution in [0.15, 0.2) is 59.7 Å². The summed E-state index contributed by atoms with van der Waals surface area (Å²) in [6.07, 6.45) is 1.66. The number of aromatic hydroxyl groups is 1. The maximum atomic E-state index is 13.4. The molecule has 1 unspecified atom stereocenters. The maximum absolute atomic E-state index is 13.4. The number of pyridine rings is 2. The second kappa shape index (κ2) is 7.22. The van der Waals surface area contributed by atoms with Crippen LogP contribution in [0, 0.1) is 6.92 Å². The molecular weight excluding hydrogens is 385 g/mol. The quantitative estimate of drug-likeness (QED) is 0.694. The standard InChI is InChI=1S/C22H20FN5O2/c1-13-16(6-4-10-25-13)17-11-14(8-9-18(17)29)22(20(30)28(2)21(24)27-22)19-7-3-5-15(12-23)26-19/h3-11,29H,12H2,1-2H3,(H2,24,27). The minimum absolute atomic E-state index is 0.0274. The molecule has 0 fully saturated rings. The molecule has 3 heterocycles. The van der Waals surface area contributed by atoms with Gasteiger partial charge in [0, 0.05) is 30.1 Å². The predicted octanol–water partition coefficient (Wildman–Crippen LogP) is 2.66. The molecule has 152 valence electrons. The van der Waals surface area contributed by atoms with Crippen LogP contribution in [-0.2, 0) is 17.0 Å². The van der Waals surface area contributed by atoms with E-state index in [4.69, 9.17) is 5.73 Å². The molecular formula is C22H20FN5O2. The van der Waals surface area contributed by atoms with Crippen molar-refractivity contribution < 1.29 is 14.3 Å². The van der Waals surface area contributed by atoms with Gasteiger partial charge in [-0.15, -0.1) is 0 Å². The van der Waals surface area contributed by atoms with Crippen LogP contribution in [-0.4, -0.2) is 38.9 Å². The number of carbonyl (C=O) groups is 1. The number of alkyl halides is 1. The second-order valence-electron chi connectivity index (χ2n) is 7.06. The summed E-state index contributed by atoms with van der Waals surface area (Å²) in [4.78, 5) is 27.7. The molecule has 3 N–H and O–H groups in total. The maximum Gasteiger partial charge on any atom is 0.267 e. The lowest BCUT2D eigenvalue weighted by Gasteiger charge is -2.26. The Kier molecular flexibility index (Phi) is 4.69. The molecule has 1 aromatic carbocycles. The first-order chi connectivity index (χ1) is 14.4. The van der Waals surface area contributed by atoms with Crippen LogP contribution < -0.4 is 5.73 Å². The minimum atomic E-state index is -1.58. The SMILES string of the molecule is Cc1ncccc1-c1cc(C2(c3cccc(CF)n3)N=C(N)N(C)C2=O)ccc1O. The van der Waals surface area contributed by atoms with Crippen LogP contribution in [0.2, 0.25) is 0 Å². The molecule has 2 aromatic heterocycles. The van der Waals surface area contributed by atoms with E-state index < -0.39 is 18.1 Å². The zero-order valence-electron chi connectivity index (χ0n) is 16.5. The van der Waals surface area contributed by atoms with E-state index in [1.54, 1.807) is 36.5 Å². The van der Waals surface area contributed by atoms with Crippen LogP contribution in [0.4, 0.5) is 4.39 Å². The van der Waals surface area contributed by atoms with Crippen molar-refractivity contribution in [3.63, 3.8) is 0 Å². The predicted molar refractivity (Wildman–Crippen MR) is 110 cm³/mol. The van der Waals surface area contributed by atoms with Crippen molar-refractivity contribution in [2.75, 3.05) is 7.05 Å². The smallest absolute Gasteiger partial charge is 0.267 e. The molecule has 8 heteroatoms. The highest BCUT2D eigenvalue weighted by Gasteiger charge is 2.51. The summed E-state index contributed by atoms with van der Waals surface area (Å²) >= 11 is 0. The van der Waals surface area contributed by atoms with Gasteiger partial charge >= 0.3 is 0 Å². The van der Waals surface area contributed by atoms with Gasteiger partial charge in [0.25, 0.3) is 5.91 Å². The summed E-state index contributed by atoms with van der Waals surface area (Å²) in [6, 6.07) is 13.2. The Morgan fingerprint density at radius 1 is 1.17 bits per heavy atom. The van der Waals surface area contributed by atoms with E-state index in [0.29, 0.717) is 16.7 Å². The number of carbonyl (C=O) groups excluding carboxylic acids is 1. The van der Waals surface area contributed by atoms with Gasteiger partial charge in [-0.25, -0.2) is 9.38 Å². The van der Waals surface area contributed by atoms with Gasteiger partial charge in [0.2, 0.25) is 5.54 Å². The number of nitrogens with zero attached hydrogens (tertiary/aromatic N) is 4. The summed E-state index contributed by atoms with van der Waals surface area (Å²) in [5, 5.41) is 10.5. The molecule has 0 spiro atoms. The number of phenolic OH excluding ortho intramolecular Hbond substituents is 1. The number of hydrogen-bond acceptors (Lipinski definition) is 6. The number of benzene rings is 1. The van der Waals surface area contributed by atoms with E-state index in [1.165, 1.54) is 24.1 Å². The molecule has 0 bridgehead atoms. The Morgan fingerprint density at radius 3 is 2.63 bits per heavy atom. The van der Waals surface area contributed by atoms with Crippen molar-refractivity contribution in [2.24, 2.45) is 10.7 Å². The Balaban J connectivity index is 1.99. The molecule has 7 nitrogen and oxygen atoms in total. The van der Waals surface area contributed by atoms with Gasteiger partial charge in [0.1, 0.15) is 12.4 Å². The fourth-order valence-corrected chi connectivity index (χ4v) is 3.65. The number of hydrogen-bond donors (Lipinski definition) is 2. The van der Waals surface area contributed by atoms with Crippen molar-refractivity contribution in [2.45, 2.75) is 19.1 Å². The number of phenols is 1.